The molecule has 3 nitrogen and oxygen atoms in total. The molecule has 1 atom stereocenters. The Hall–Kier alpha value is -0.570. The highest BCUT2D eigenvalue weighted by Gasteiger charge is 2.12. The Morgan fingerprint density at radius 2 is 1.71 bits per heavy atom. The van der Waals surface area contributed by atoms with Crippen molar-refractivity contribution in [2.75, 3.05) is 27.2 Å². The molecule has 0 radical (unpaired) electrons. The first kappa shape index (κ1) is 13.4. The van der Waals surface area contributed by atoms with Gasteiger partial charge in [0.15, 0.2) is 0 Å². The van der Waals surface area contributed by atoms with Crippen molar-refractivity contribution < 1.29 is 4.79 Å². The second kappa shape index (κ2) is 6.82. The standard InChI is InChI=1S/C11H24N2O/c1-6-13(7-2)10(3)8-9-11(14)12(4)5/h10H,6-9H2,1-5H3. The van der Waals surface area contributed by atoms with Crippen molar-refractivity contribution in [2.24, 2.45) is 0 Å². The van der Waals surface area contributed by atoms with E-state index in [9.17, 15) is 4.79 Å². The molecule has 0 aliphatic carbocycles. The van der Waals surface area contributed by atoms with Gasteiger partial charge in [-0.05, 0) is 26.4 Å². The minimum absolute atomic E-state index is 0.226. The quantitative estimate of drug-likeness (QED) is 0.650. The molecule has 84 valence electrons. The molecule has 0 rings (SSSR count). The van der Waals surface area contributed by atoms with Crippen LogP contribution in [0.15, 0.2) is 0 Å². The second-order valence-electron chi connectivity index (χ2n) is 3.90. The molecule has 0 aliphatic heterocycles. The summed E-state index contributed by atoms with van der Waals surface area (Å²) in [5, 5.41) is 0. The van der Waals surface area contributed by atoms with Gasteiger partial charge in [-0.15, -0.1) is 0 Å². The third-order valence-electron chi connectivity index (χ3n) is 2.71. The summed E-state index contributed by atoms with van der Waals surface area (Å²) in [5.41, 5.74) is 0. The average molecular weight is 200 g/mol. The molecule has 0 heterocycles. The molecule has 0 aliphatic rings. The van der Waals surface area contributed by atoms with Crippen LogP contribution in [-0.2, 0) is 4.79 Å². The van der Waals surface area contributed by atoms with Crippen LogP contribution in [0.25, 0.3) is 0 Å². The maximum absolute atomic E-state index is 11.4. The van der Waals surface area contributed by atoms with E-state index in [0.29, 0.717) is 12.5 Å². The molecule has 1 unspecified atom stereocenters. The highest BCUT2D eigenvalue weighted by Crippen LogP contribution is 2.06. The summed E-state index contributed by atoms with van der Waals surface area (Å²) in [4.78, 5) is 15.4. The van der Waals surface area contributed by atoms with Gasteiger partial charge in [0.2, 0.25) is 5.91 Å². The van der Waals surface area contributed by atoms with Crippen LogP contribution in [0.2, 0.25) is 0 Å². The molecule has 0 saturated carbocycles. The van der Waals surface area contributed by atoms with Gasteiger partial charge in [0, 0.05) is 26.6 Å². The fraction of sp³-hybridized carbons (Fsp3) is 0.909. The fourth-order valence-electron chi connectivity index (χ4n) is 1.59. The SMILES string of the molecule is CCN(CC)C(C)CCC(=O)N(C)C. The molecule has 14 heavy (non-hydrogen) atoms. The molecule has 0 spiro atoms. The highest BCUT2D eigenvalue weighted by molar-refractivity contribution is 5.75. The summed E-state index contributed by atoms with van der Waals surface area (Å²) < 4.78 is 0. The van der Waals surface area contributed by atoms with Crippen LogP contribution in [0.5, 0.6) is 0 Å². The zero-order chi connectivity index (χ0) is 11.1. The van der Waals surface area contributed by atoms with Crippen LogP contribution in [0.4, 0.5) is 0 Å². The molecule has 0 N–H and O–H groups in total. The number of amides is 1. The van der Waals surface area contributed by atoms with Gasteiger partial charge in [0.1, 0.15) is 0 Å². The smallest absolute Gasteiger partial charge is 0.222 e. The molecule has 0 fully saturated rings. The van der Waals surface area contributed by atoms with Gasteiger partial charge in [-0.25, -0.2) is 0 Å². The van der Waals surface area contributed by atoms with Crippen LogP contribution >= 0.6 is 0 Å². The van der Waals surface area contributed by atoms with Gasteiger partial charge < -0.3 is 9.80 Å². The summed E-state index contributed by atoms with van der Waals surface area (Å²) in [6.45, 7) is 8.64. The topological polar surface area (TPSA) is 23.6 Å². The second-order valence-corrected chi connectivity index (χ2v) is 3.90. The summed E-state index contributed by atoms with van der Waals surface area (Å²) in [7, 11) is 3.62. The molecule has 0 aromatic carbocycles. The number of hydrogen-bond acceptors (Lipinski definition) is 2. The van der Waals surface area contributed by atoms with Crippen molar-refractivity contribution in [1.29, 1.82) is 0 Å². The lowest BCUT2D eigenvalue weighted by Gasteiger charge is -2.26. The Bertz CT molecular complexity index is 165. The summed E-state index contributed by atoms with van der Waals surface area (Å²) in [6.07, 6.45) is 1.61. The lowest BCUT2D eigenvalue weighted by atomic mass is 10.1. The zero-order valence-electron chi connectivity index (χ0n) is 10.2. The third kappa shape index (κ3) is 4.61. The Kier molecular flexibility index (Phi) is 6.54. The van der Waals surface area contributed by atoms with E-state index >= 15 is 0 Å². The van der Waals surface area contributed by atoms with Gasteiger partial charge in [0.25, 0.3) is 0 Å². The molecule has 1 amide bonds. The fourth-order valence-corrected chi connectivity index (χ4v) is 1.59. The van der Waals surface area contributed by atoms with E-state index in [1.807, 2.05) is 14.1 Å². The molecular weight excluding hydrogens is 176 g/mol. The zero-order valence-corrected chi connectivity index (χ0v) is 10.2. The number of nitrogens with zero attached hydrogens (tertiary/aromatic N) is 2. The molecule has 0 aromatic rings. The van der Waals surface area contributed by atoms with Gasteiger partial charge in [-0.2, -0.15) is 0 Å². The summed E-state index contributed by atoms with van der Waals surface area (Å²) >= 11 is 0. The lowest BCUT2D eigenvalue weighted by molar-refractivity contribution is -0.129. The van der Waals surface area contributed by atoms with E-state index in [1.165, 1.54) is 0 Å². The van der Waals surface area contributed by atoms with Gasteiger partial charge in [0.05, 0.1) is 0 Å². The first-order valence-electron chi connectivity index (χ1n) is 5.47. The van der Waals surface area contributed by atoms with Crippen molar-refractivity contribution >= 4 is 5.91 Å². The maximum Gasteiger partial charge on any atom is 0.222 e. The lowest BCUT2D eigenvalue weighted by Crippen LogP contribution is -2.34. The Morgan fingerprint density at radius 1 is 1.21 bits per heavy atom. The first-order valence-corrected chi connectivity index (χ1v) is 5.47. The van der Waals surface area contributed by atoms with Crippen molar-refractivity contribution in [1.82, 2.24) is 9.80 Å². The van der Waals surface area contributed by atoms with Crippen LogP contribution in [0.3, 0.4) is 0 Å². The van der Waals surface area contributed by atoms with E-state index in [4.69, 9.17) is 0 Å². The van der Waals surface area contributed by atoms with Gasteiger partial charge >= 0.3 is 0 Å². The Morgan fingerprint density at radius 3 is 2.07 bits per heavy atom. The molecule has 0 bridgehead atoms. The largest absolute Gasteiger partial charge is 0.349 e. The van der Waals surface area contributed by atoms with E-state index in [1.54, 1.807) is 4.90 Å². The Balaban J connectivity index is 3.83. The predicted molar refractivity (Wildman–Crippen MR) is 60.3 cm³/mol. The highest BCUT2D eigenvalue weighted by atomic mass is 16.2. The molecule has 3 heteroatoms. The van der Waals surface area contributed by atoms with Crippen molar-refractivity contribution in [3.63, 3.8) is 0 Å². The molecule has 0 saturated heterocycles. The van der Waals surface area contributed by atoms with E-state index in [0.717, 1.165) is 19.5 Å². The first-order chi connectivity index (χ1) is 6.52. The minimum Gasteiger partial charge on any atom is -0.349 e. The number of carbonyl (C=O) groups is 1. The van der Waals surface area contributed by atoms with Crippen LogP contribution < -0.4 is 0 Å². The van der Waals surface area contributed by atoms with Crippen molar-refractivity contribution in [2.45, 2.75) is 39.7 Å². The van der Waals surface area contributed by atoms with E-state index in [-0.39, 0.29) is 5.91 Å². The molecule has 0 aromatic heterocycles. The monoisotopic (exact) mass is 200 g/mol. The number of hydrogen-bond donors (Lipinski definition) is 0. The van der Waals surface area contributed by atoms with E-state index in [2.05, 4.69) is 25.7 Å². The van der Waals surface area contributed by atoms with E-state index < -0.39 is 0 Å². The normalized spacial score (nSPS) is 13.0. The summed E-state index contributed by atoms with van der Waals surface area (Å²) in [6, 6.07) is 0.508. The van der Waals surface area contributed by atoms with Crippen molar-refractivity contribution in [3.05, 3.63) is 0 Å². The molecular formula is C11H24N2O. The van der Waals surface area contributed by atoms with Crippen molar-refractivity contribution in [3.8, 4) is 0 Å². The third-order valence-corrected chi connectivity index (χ3v) is 2.71. The summed E-state index contributed by atoms with van der Waals surface area (Å²) in [5.74, 6) is 0.226. The minimum atomic E-state index is 0.226. The van der Waals surface area contributed by atoms with Gasteiger partial charge in [-0.1, -0.05) is 13.8 Å². The number of carbonyl (C=O) groups excluding carboxylic acids is 1. The predicted octanol–water partition coefficient (Wildman–Crippen LogP) is 1.59. The average Bonchev–Trinajstić information content (AvgIpc) is 2.15. The van der Waals surface area contributed by atoms with Crippen LogP contribution in [0, 0.1) is 0 Å². The Labute approximate surface area is 88.1 Å². The maximum atomic E-state index is 11.4. The van der Waals surface area contributed by atoms with Crippen LogP contribution in [-0.4, -0.2) is 48.9 Å². The number of rotatable bonds is 6. The van der Waals surface area contributed by atoms with Crippen LogP contribution in [0.1, 0.15) is 33.6 Å². The van der Waals surface area contributed by atoms with Gasteiger partial charge in [-0.3, -0.25) is 4.79 Å².